The van der Waals surface area contributed by atoms with E-state index in [1.54, 1.807) is 11.5 Å². The second-order valence-corrected chi connectivity index (χ2v) is 6.80. The first kappa shape index (κ1) is 16.7. The first-order chi connectivity index (χ1) is 12.6. The highest BCUT2D eigenvalue weighted by molar-refractivity contribution is 9.10. The van der Waals surface area contributed by atoms with Crippen LogP contribution in [0.25, 0.3) is 33.9 Å². The Morgan fingerprint density at radius 1 is 1.08 bits per heavy atom. The molecule has 0 aliphatic heterocycles. The van der Waals surface area contributed by atoms with E-state index in [9.17, 15) is 4.79 Å². The van der Waals surface area contributed by atoms with Gasteiger partial charge in [0.1, 0.15) is 5.69 Å². The first-order valence-electron chi connectivity index (χ1n) is 8.18. The van der Waals surface area contributed by atoms with Gasteiger partial charge >= 0.3 is 0 Å². The van der Waals surface area contributed by atoms with Crippen LogP contribution in [0.4, 0.5) is 0 Å². The smallest absolute Gasteiger partial charge is 0.272 e. The van der Waals surface area contributed by atoms with Crippen molar-refractivity contribution in [3.05, 3.63) is 63.0 Å². The number of hydrogen-bond acceptors (Lipinski definition) is 5. The average molecular weight is 411 g/mol. The molecule has 0 spiro atoms. The van der Waals surface area contributed by atoms with Crippen molar-refractivity contribution in [1.82, 2.24) is 19.7 Å². The molecule has 0 aliphatic carbocycles. The lowest BCUT2D eigenvalue weighted by Gasteiger charge is -2.09. The van der Waals surface area contributed by atoms with Crippen LogP contribution in [-0.4, -0.2) is 19.7 Å². The summed E-state index contributed by atoms with van der Waals surface area (Å²) in [5, 5.41) is 4.08. The molecule has 0 bridgehead atoms. The third-order valence-corrected chi connectivity index (χ3v) is 4.73. The Morgan fingerprint density at radius 2 is 1.81 bits per heavy atom. The Morgan fingerprint density at radius 3 is 2.54 bits per heavy atom. The largest absolute Gasteiger partial charge is 0.334 e. The summed E-state index contributed by atoms with van der Waals surface area (Å²) < 4.78 is 8.09. The number of aromatic nitrogens is 4. The van der Waals surface area contributed by atoms with Crippen LogP contribution in [0.3, 0.4) is 0 Å². The lowest BCUT2D eigenvalue weighted by atomic mass is 10.1. The van der Waals surface area contributed by atoms with Crippen LogP contribution in [0.1, 0.15) is 12.6 Å². The second-order valence-electron chi connectivity index (χ2n) is 5.88. The second kappa shape index (κ2) is 6.49. The van der Waals surface area contributed by atoms with Crippen LogP contribution in [0.15, 0.2) is 56.3 Å². The highest BCUT2D eigenvalue weighted by Crippen LogP contribution is 2.25. The van der Waals surface area contributed by atoms with Crippen molar-refractivity contribution >= 4 is 27.0 Å². The minimum atomic E-state index is -0.0650. The van der Waals surface area contributed by atoms with Gasteiger partial charge in [-0.05, 0) is 56.3 Å². The predicted octanol–water partition coefficient (Wildman–Crippen LogP) is 4.20. The maximum Gasteiger partial charge on any atom is 0.272 e. The van der Waals surface area contributed by atoms with Gasteiger partial charge in [0.05, 0.1) is 11.0 Å². The van der Waals surface area contributed by atoms with E-state index in [4.69, 9.17) is 4.52 Å². The summed E-state index contributed by atoms with van der Waals surface area (Å²) >= 11 is 3.41. The molecule has 2 heterocycles. The molecule has 2 aromatic heterocycles. The number of benzene rings is 2. The van der Waals surface area contributed by atoms with Gasteiger partial charge in [-0.25, -0.2) is 4.98 Å². The molecular formula is C19H15BrN4O2. The summed E-state index contributed by atoms with van der Waals surface area (Å²) in [6.07, 6.45) is 0. The molecule has 0 atom stereocenters. The molecule has 7 heteroatoms. The fourth-order valence-electron chi connectivity index (χ4n) is 2.88. The average Bonchev–Trinajstić information content (AvgIpc) is 3.13. The summed E-state index contributed by atoms with van der Waals surface area (Å²) in [5.74, 6) is 0.939. The number of aryl methyl sites for hydroxylation is 2. The number of halogens is 1. The van der Waals surface area contributed by atoms with E-state index >= 15 is 0 Å². The van der Waals surface area contributed by atoms with Crippen molar-refractivity contribution < 1.29 is 4.52 Å². The van der Waals surface area contributed by atoms with E-state index in [1.807, 2.05) is 49.4 Å². The molecule has 0 radical (unpaired) electrons. The lowest BCUT2D eigenvalue weighted by molar-refractivity contribution is 0.432. The third-order valence-electron chi connectivity index (χ3n) is 4.20. The topological polar surface area (TPSA) is 73.8 Å². The molecule has 0 aliphatic rings. The number of nitrogens with zero attached hydrogens (tertiary/aromatic N) is 4. The Hall–Kier alpha value is -2.80. The minimum Gasteiger partial charge on any atom is -0.334 e. The fourth-order valence-corrected chi connectivity index (χ4v) is 3.14. The minimum absolute atomic E-state index is 0.0650. The van der Waals surface area contributed by atoms with E-state index in [-0.39, 0.29) is 5.56 Å². The van der Waals surface area contributed by atoms with Gasteiger partial charge in [-0.1, -0.05) is 21.1 Å². The fraction of sp³-hybridized carbons (Fsp3) is 0.158. The molecule has 0 fully saturated rings. The molecule has 26 heavy (non-hydrogen) atoms. The SMILES string of the molecule is CCn1c(=O)c(C)nc2cc(-c3noc(-c4ccc(Br)cc4)n3)ccc21. The van der Waals surface area contributed by atoms with Crippen LogP contribution in [0.2, 0.25) is 0 Å². The van der Waals surface area contributed by atoms with Gasteiger partial charge in [-0.3, -0.25) is 4.79 Å². The van der Waals surface area contributed by atoms with Gasteiger partial charge in [0.25, 0.3) is 11.4 Å². The predicted molar refractivity (Wildman–Crippen MR) is 103 cm³/mol. The number of fused-ring (bicyclic) bond motifs is 1. The van der Waals surface area contributed by atoms with E-state index in [0.717, 1.165) is 26.6 Å². The Labute approximate surface area is 157 Å². The van der Waals surface area contributed by atoms with Gasteiger partial charge < -0.3 is 9.09 Å². The zero-order valence-electron chi connectivity index (χ0n) is 14.2. The lowest BCUT2D eigenvalue weighted by Crippen LogP contribution is -2.23. The molecule has 0 saturated carbocycles. The van der Waals surface area contributed by atoms with Crippen molar-refractivity contribution in [3.8, 4) is 22.8 Å². The first-order valence-corrected chi connectivity index (χ1v) is 8.97. The molecule has 6 nitrogen and oxygen atoms in total. The van der Waals surface area contributed by atoms with Crippen molar-refractivity contribution in [1.29, 1.82) is 0 Å². The standard InChI is InChI=1S/C19H15BrN4O2/c1-3-24-16-9-6-13(10-15(16)21-11(2)19(24)25)17-22-18(26-23-17)12-4-7-14(20)8-5-12/h4-10H,3H2,1-2H3. The Balaban J connectivity index is 1.79. The molecule has 0 N–H and O–H groups in total. The highest BCUT2D eigenvalue weighted by atomic mass is 79.9. The van der Waals surface area contributed by atoms with Gasteiger partial charge in [0.15, 0.2) is 0 Å². The molecule has 0 amide bonds. The quantitative estimate of drug-likeness (QED) is 0.505. The van der Waals surface area contributed by atoms with Crippen molar-refractivity contribution in [2.24, 2.45) is 0 Å². The zero-order valence-corrected chi connectivity index (χ0v) is 15.8. The van der Waals surface area contributed by atoms with E-state index in [1.165, 1.54) is 0 Å². The molecule has 4 aromatic rings. The maximum atomic E-state index is 12.2. The molecular weight excluding hydrogens is 396 g/mol. The summed E-state index contributed by atoms with van der Waals surface area (Å²) in [6, 6.07) is 13.3. The van der Waals surface area contributed by atoms with Gasteiger partial charge in [-0.15, -0.1) is 0 Å². The summed E-state index contributed by atoms with van der Waals surface area (Å²) in [7, 11) is 0. The number of rotatable bonds is 3. The summed E-state index contributed by atoms with van der Waals surface area (Å²) in [5.41, 5.74) is 3.57. The van der Waals surface area contributed by atoms with E-state index < -0.39 is 0 Å². The molecule has 2 aromatic carbocycles. The molecule has 0 unspecified atom stereocenters. The maximum absolute atomic E-state index is 12.2. The normalized spacial score (nSPS) is 11.2. The van der Waals surface area contributed by atoms with Crippen LogP contribution in [0, 0.1) is 6.92 Å². The summed E-state index contributed by atoms with van der Waals surface area (Å²) in [6.45, 7) is 4.26. The summed E-state index contributed by atoms with van der Waals surface area (Å²) in [4.78, 5) is 21.1. The molecule has 130 valence electrons. The van der Waals surface area contributed by atoms with Crippen LogP contribution < -0.4 is 5.56 Å². The van der Waals surface area contributed by atoms with Crippen LogP contribution in [-0.2, 0) is 6.54 Å². The van der Waals surface area contributed by atoms with Crippen LogP contribution in [0.5, 0.6) is 0 Å². The van der Waals surface area contributed by atoms with Crippen molar-refractivity contribution in [3.63, 3.8) is 0 Å². The van der Waals surface area contributed by atoms with Crippen LogP contribution >= 0.6 is 15.9 Å². The Bertz CT molecular complexity index is 1160. The number of hydrogen-bond donors (Lipinski definition) is 0. The highest BCUT2D eigenvalue weighted by Gasteiger charge is 2.13. The van der Waals surface area contributed by atoms with Gasteiger partial charge in [-0.2, -0.15) is 4.98 Å². The monoisotopic (exact) mass is 410 g/mol. The molecule has 0 saturated heterocycles. The van der Waals surface area contributed by atoms with Gasteiger partial charge in [0.2, 0.25) is 5.82 Å². The zero-order chi connectivity index (χ0) is 18.3. The van der Waals surface area contributed by atoms with E-state index in [0.29, 0.717) is 24.0 Å². The molecule has 4 rings (SSSR count). The third kappa shape index (κ3) is 2.84. The Kier molecular flexibility index (Phi) is 4.16. The van der Waals surface area contributed by atoms with Crippen molar-refractivity contribution in [2.75, 3.05) is 0 Å². The van der Waals surface area contributed by atoms with Gasteiger partial charge in [0, 0.05) is 22.1 Å². The van der Waals surface area contributed by atoms with Crippen molar-refractivity contribution in [2.45, 2.75) is 20.4 Å². The van der Waals surface area contributed by atoms with E-state index in [2.05, 4.69) is 31.1 Å².